The van der Waals surface area contributed by atoms with Gasteiger partial charge >= 0.3 is 11.9 Å². The maximum absolute atomic E-state index is 13.1. The van der Waals surface area contributed by atoms with Gasteiger partial charge in [-0.05, 0) is 17.7 Å². The highest BCUT2D eigenvalue weighted by molar-refractivity contribution is 6.14. The molecule has 0 bridgehead atoms. The van der Waals surface area contributed by atoms with E-state index in [4.69, 9.17) is 0 Å². The molecule has 0 aromatic heterocycles. The molecule has 7 nitrogen and oxygen atoms in total. The second kappa shape index (κ2) is 6.55. The topological polar surface area (TPSA) is 98.8 Å². The largest absolute Gasteiger partial charge is 0.468 e. The van der Waals surface area contributed by atoms with Crippen LogP contribution in [0.1, 0.15) is 11.5 Å². The molecule has 0 aliphatic carbocycles. The van der Waals surface area contributed by atoms with Crippen LogP contribution in [-0.2, 0) is 28.7 Å². The molecular formula is C15H14FNO6. The Kier molecular flexibility index (Phi) is 4.73. The van der Waals surface area contributed by atoms with Crippen LogP contribution in [0.5, 0.6) is 0 Å². The van der Waals surface area contributed by atoms with Gasteiger partial charge in [-0.1, -0.05) is 12.1 Å². The number of esters is 2. The van der Waals surface area contributed by atoms with Gasteiger partial charge in [-0.3, -0.25) is 24.5 Å². The normalized spacial score (nSPS) is 23.9. The number of hydrogen-bond acceptors (Lipinski definition) is 6. The Bertz CT molecular complexity index is 622. The number of rotatable bonds is 3. The average molecular weight is 323 g/mol. The zero-order valence-electron chi connectivity index (χ0n) is 12.4. The van der Waals surface area contributed by atoms with Crippen molar-refractivity contribution in [1.82, 2.24) is 5.32 Å². The quantitative estimate of drug-likeness (QED) is 0.483. The van der Waals surface area contributed by atoms with Crippen LogP contribution in [0.3, 0.4) is 0 Å². The second-order valence-electron chi connectivity index (χ2n) is 4.93. The number of nitrogens with one attached hydrogen (secondary N) is 1. The molecule has 1 heterocycles. The Balaban J connectivity index is 2.57. The van der Waals surface area contributed by atoms with E-state index in [-0.39, 0.29) is 5.56 Å². The predicted octanol–water partition coefficient (Wildman–Crippen LogP) is 0.144. The molecule has 1 aliphatic heterocycles. The molecular weight excluding hydrogens is 309 g/mol. The van der Waals surface area contributed by atoms with Crippen molar-refractivity contribution in [3.8, 4) is 0 Å². The van der Waals surface area contributed by atoms with Gasteiger partial charge in [0, 0.05) is 5.92 Å². The Morgan fingerprint density at radius 2 is 1.39 bits per heavy atom. The SMILES string of the molecule is COC(=O)[C@H]1C(=O)NC(=O)[C@@H](C(=O)OC)[C@H]1c1ccc(F)cc1. The fourth-order valence-electron chi connectivity index (χ4n) is 2.63. The van der Waals surface area contributed by atoms with Gasteiger partial charge in [0.2, 0.25) is 11.8 Å². The molecule has 23 heavy (non-hydrogen) atoms. The van der Waals surface area contributed by atoms with Crippen molar-refractivity contribution in [3.05, 3.63) is 35.6 Å². The summed E-state index contributed by atoms with van der Waals surface area (Å²) in [6, 6.07) is 4.82. The zero-order valence-corrected chi connectivity index (χ0v) is 12.4. The summed E-state index contributed by atoms with van der Waals surface area (Å²) in [5.41, 5.74) is 0.278. The van der Waals surface area contributed by atoms with Crippen LogP contribution in [0.15, 0.2) is 24.3 Å². The lowest BCUT2D eigenvalue weighted by molar-refractivity contribution is -0.161. The molecule has 0 unspecified atom stereocenters. The van der Waals surface area contributed by atoms with E-state index in [1.54, 1.807) is 0 Å². The first kappa shape index (κ1) is 16.6. The summed E-state index contributed by atoms with van der Waals surface area (Å²) in [5, 5.41) is 1.97. The van der Waals surface area contributed by atoms with Crippen molar-refractivity contribution in [3.63, 3.8) is 0 Å². The molecule has 122 valence electrons. The third-order valence-corrected chi connectivity index (χ3v) is 3.69. The zero-order chi connectivity index (χ0) is 17.1. The molecule has 0 spiro atoms. The summed E-state index contributed by atoms with van der Waals surface area (Å²) in [7, 11) is 2.17. The molecule has 1 N–H and O–H groups in total. The fourth-order valence-corrected chi connectivity index (χ4v) is 2.63. The minimum atomic E-state index is -1.42. The number of piperidine rings is 1. The smallest absolute Gasteiger partial charge is 0.318 e. The van der Waals surface area contributed by atoms with E-state index in [9.17, 15) is 23.6 Å². The summed E-state index contributed by atoms with van der Waals surface area (Å²) in [5.74, 6) is -8.09. The highest BCUT2D eigenvalue weighted by Gasteiger charge is 2.52. The van der Waals surface area contributed by atoms with Crippen LogP contribution >= 0.6 is 0 Å². The van der Waals surface area contributed by atoms with Gasteiger partial charge in [0.25, 0.3) is 0 Å². The minimum absolute atomic E-state index is 0.278. The Morgan fingerprint density at radius 1 is 0.957 bits per heavy atom. The molecule has 1 aromatic rings. The summed E-state index contributed by atoms with van der Waals surface area (Å²) in [6.07, 6.45) is 0. The van der Waals surface area contributed by atoms with E-state index in [1.807, 2.05) is 5.32 Å². The average Bonchev–Trinajstić information content (AvgIpc) is 2.53. The molecule has 1 fully saturated rings. The van der Waals surface area contributed by atoms with Gasteiger partial charge in [0.1, 0.15) is 17.7 Å². The van der Waals surface area contributed by atoms with Crippen LogP contribution in [0, 0.1) is 17.7 Å². The number of imide groups is 1. The number of benzene rings is 1. The summed E-state index contributed by atoms with van der Waals surface area (Å²) >= 11 is 0. The van der Waals surface area contributed by atoms with Gasteiger partial charge in [-0.25, -0.2) is 4.39 Å². The van der Waals surface area contributed by atoms with Crippen molar-refractivity contribution in [1.29, 1.82) is 0 Å². The van der Waals surface area contributed by atoms with Crippen molar-refractivity contribution < 1.29 is 33.0 Å². The first-order valence-electron chi connectivity index (χ1n) is 6.66. The van der Waals surface area contributed by atoms with E-state index >= 15 is 0 Å². The number of halogens is 1. The first-order valence-corrected chi connectivity index (χ1v) is 6.66. The van der Waals surface area contributed by atoms with Crippen molar-refractivity contribution in [2.45, 2.75) is 5.92 Å². The molecule has 0 radical (unpaired) electrons. The first-order chi connectivity index (χ1) is 10.9. The number of carbonyl (C=O) groups excluding carboxylic acids is 4. The van der Waals surface area contributed by atoms with Gasteiger partial charge in [-0.2, -0.15) is 0 Å². The van der Waals surface area contributed by atoms with E-state index in [0.29, 0.717) is 0 Å². The second-order valence-corrected chi connectivity index (χ2v) is 4.93. The van der Waals surface area contributed by atoms with Gasteiger partial charge in [0.15, 0.2) is 0 Å². The van der Waals surface area contributed by atoms with Gasteiger partial charge < -0.3 is 9.47 Å². The lowest BCUT2D eigenvalue weighted by Gasteiger charge is -2.33. The summed E-state index contributed by atoms with van der Waals surface area (Å²) in [4.78, 5) is 48.0. The molecule has 8 heteroatoms. The Hall–Kier alpha value is -2.77. The van der Waals surface area contributed by atoms with Crippen LogP contribution in [-0.4, -0.2) is 38.0 Å². The lowest BCUT2D eigenvalue weighted by atomic mass is 9.73. The van der Waals surface area contributed by atoms with Crippen LogP contribution in [0.2, 0.25) is 0 Å². The highest BCUT2D eigenvalue weighted by Crippen LogP contribution is 2.37. The van der Waals surface area contributed by atoms with Gasteiger partial charge in [0.05, 0.1) is 14.2 Å². The molecule has 1 aromatic carbocycles. The fraction of sp³-hybridized carbons (Fsp3) is 0.333. The Morgan fingerprint density at radius 3 is 1.78 bits per heavy atom. The maximum atomic E-state index is 13.1. The van der Waals surface area contributed by atoms with E-state index < -0.39 is 47.3 Å². The van der Waals surface area contributed by atoms with Crippen LogP contribution < -0.4 is 5.32 Å². The van der Waals surface area contributed by atoms with E-state index in [2.05, 4.69) is 9.47 Å². The number of ether oxygens (including phenoxy) is 2. The van der Waals surface area contributed by atoms with E-state index in [1.165, 1.54) is 12.1 Å². The van der Waals surface area contributed by atoms with Gasteiger partial charge in [-0.15, -0.1) is 0 Å². The molecule has 0 saturated carbocycles. The summed E-state index contributed by atoms with van der Waals surface area (Å²) < 4.78 is 22.3. The third kappa shape index (κ3) is 3.05. The molecule has 2 rings (SSSR count). The molecule has 1 saturated heterocycles. The standard InChI is InChI=1S/C15H14FNO6/c1-22-14(20)10-9(7-3-5-8(16)6-4-7)11(15(21)23-2)13(19)17-12(10)18/h3-6,9-11H,1-2H3,(H,17,18,19)/t9-,10+,11-. The van der Waals surface area contributed by atoms with Crippen LogP contribution in [0.25, 0.3) is 0 Å². The van der Waals surface area contributed by atoms with Crippen molar-refractivity contribution in [2.75, 3.05) is 14.2 Å². The lowest BCUT2D eigenvalue weighted by Crippen LogP contribution is -2.55. The van der Waals surface area contributed by atoms with Crippen LogP contribution in [0.4, 0.5) is 4.39 Å². The van der Waals surface area contributed by atoms with Crippen molar-refractivity contribution >= 4 is 23.8 Å². The third-order valence-electron chi connectivity index (χ3n) is 3.69. The summed E-state index contributed by atoms with van der Waals surface area (Å²) in [6.45, 7) is 0. The number of carbonyl (C=O) groups is 4. The monoisotopic (exact) mass is 323 g/mol. The molecule has 3 atom stereocenters. The maximum Gasteiger partial charge on any atom is 0.318 e. The Labute approximate surface area is 130 Å². The number of amides is 2. The molecule has 2 amide bonds. The minimum Gasteiger partial charge on any atom is -0.468 e. The highest BCUT2D eigenvalue weighted by atomic mass is 19.1. The van der Waals surface area contributed by atoms with E-state index in [0.717, 1.165) is 26.4 Å². The predicted molar refractivity (Wildman–Crippen MR) is 73.3 cm³/mol. The number of methoxy groups -OCH3 is 2. The molecule has 1 aliphatic rings. The van der Waals surface area contributed by atoms with Crippen molar-refractivity contribution in [2.24, 2.45) is 11.8 Å². The number of hydrogen-bond donors (Lipinski definition) is 1.